The van der Waals surface area contributed by atoms with Crippen molar-refractivity contribution in [2.24, 2.45) is 0 Å². The van der Waals surface area contributed by atoms with Gasteiger partial charge >= 0.3 is 0 Å². The standard InChI is InChI=1S/C31H33FN4O3/c1-19(25-7-6-21(17-29(25)38-5)31(37)36(3)4)14-28-20(2)26(8-11-34-28)22-15-23(18-33)30(27(32)16-22)35-24-9-12-39-13-10-24/h6-8,11,14-17,24,35H,9-10,12-13H2,1-5H3/b19-14+. The molecule has 1 saturated heterocycles. The second-order valence-corrected chi connectivity index (χ2v) is 9.83. The first kappa shape index (κ1) is 27.8. The van der Waals surface area contributed by atoms with E-state index >= 15 is 4.39 Å². The molecule has 0 aliphatic carbocycles. The summed E-state index contributed by atoms with van der Waals surface area (Å²) in [4.78, 5) is 18.5. The number of nitrogens with one attached hydrogen (secondary N) is 1. The van der Waals surface area contributed by atoms with E-state index < -0.39 is 5.82 Å². The second-order valence-electron chi connectivity index (χ2n) is 9.83. The highest BCUT2D eigenvalue weighted by atomic mass is 19.1. The number of amides is 1. The van der Waals surface area contributed by atoms with Crippen LogP contribution in [0.25, 0.3) is 22.8 Å². The molecule has 4 rings (SSSR count). The zero-order valence-electron chi connectivity index (χ0n) is 23.0. The molecule has 8 heteroatoms. The predicted molar refractivity (Wildman–Crippen MR) is 151 cm³/mol. The number of hydrogen-bond acceptors (Lipinski definition) is 6. The van der Waals surface area contributed by atoms with Crippen molar-refractivity contribution in [3.8, 4) is 22.9 Å². The zero-order valence-corrected chi connectivity index (χ0v) is 23.0. The van der Waals surface area contributed by atoms with Crippen molar-refractivity contribution in [1.82, 2.24) is 9.88 Å². The number of ether oxygens (including phenoxy) is 2. The van der Waals surface area contributed by atoms with Gasteiger partial charge in [-0.1, -0.05) is 6.07 Å². The number of carbonyl (C=O) groups excluding carboxylic acids is 1. The summed E-state index contributed by atoms with van der Waals surface area (Å²) in [6.07, 6.45) is 5.15. The molecule has 3 aromatic rings. The van der Waals surface area contributed by atoms with Gasteiger partial charge in [-0.25, -0.2) is 4.39 Å². The van der Waals surface area contributed by atoms with E-state index in [1.807, 2.05) is 32.1 Å². The molecule has 1 amide bonds. The van der Waals surface area contributed by atoms with Crippen LogP contribution >= 0.6 is 0 Å². The van der Waals surface area contributed by atoms with Crippen LogP contribution in [0.5, 0.6) is 5.75 Å². The number of methoxy groups -OCH3 is 1. The molecule has 0 bridgehead atoms. The Balaban J connectivity index is 1.68. The number of allylic oxidation sites excluding steroid dienone is 1. The largest absolute Gasteiger partial charge is 0.496 e. The van der Waals surface area contributed by atoms with Crippen LogP contribution in [0.3, 0.4) is 0 Å². The van der Waals surface area contributed by atoms with Gasteiger partial charge in [0.25, 0.3) is 5.91 Å². The molecule has 0 atom stereocenters. The first-order chi connectivity index (χ1) is 18.7. The summed E-state index contributed by atoms with van der Waals surface area (Å²) in [5.41, 5.74) is 5.72. The minimum atomic E-state index is -0.461. The van der Waals surface area contributed by atoms with Crippen LogP contribution in [0.2, 0.25) is 0 Å². The number of anilines is 1. The van der Waals surface area contributed by atoms with Gasteiger partial charge in [-0.05, 0) is 85.4 Å². The smallest absolute Gasteiger partial charge is 0.253 e. The minimum absolute atomic E-state index is 0.0700. The van der Waals surface area contributed by atoms with Gasteiger partial charge in [-0.2, -0.15) is 5.26 Å². The van der Waals surface area contributed by atoms with Gasteiger partial charge in [0.2, 0.25) is 0 Å². The lowest BCUT2D eigenvalue weighted by atomic mass is 9.95. The van der Waals surface area contributed by atoms with Gasteiger partial charge in [0.15, 0.2) is 0 Å². The molecule has 1 aliphatic rings. The topological polar surface area (TPSA) is 87.5 Å². The van der Waals surface area contributed by atoms with E-state index in [0.29, 0.717) is 35.8 Å². The number of carbonyl (C=O) groups is 1. The Labute approximate surface area is 228 Å². The van der Waals surface area contributed by atoms with Crippen molar-refractivity contribution >= 4 is 23.2 Å². The maximum atomic E-state index is 15.3. The Bertz CT molecular complexity index is 1450. The van der Waals surface area contributed by atoms with E-state index in [9.17, 15) is 10.1 Å². The summed E-state index contributed by atoms with van der Waals surface area (Å²) in [5, 5.41) is 13.0. The van der Waals surface area contributed by atoms with Crippen molar-refractivity contribution in [2.75, 3.05) is 39.7 Å². The van der Waals surface area contributed by atoms with Crippen LogP contribution in [0.4, 0.5) is 10.1 Å². The summed E-state index contributed by atoms with van der Waals surface area (Å²) in [6, 6.07) is 12.6. The fraction of sp³-hybridized carbons (Fsp3) is 0.323. The fourth-order valence-corrected chi connectivity index (χ4v) is 4.74. The molecule has 0 spiro atoms. The summed E-state index contributed by atoms with van der Waals surface area (Å²) < 4.78 is 26.3. The molecule has 1 fully saturated rings. The third-order valence-corrected chi connectivity index (χ3v) is 6.97. The van der Waals surface area contributed by atoms with Gasteiger partial charge in [-0.3, -0.25) is 9.78 Å². The first-order valence-electron chi connectivity index (χ1n) is 12.9. The Morgan fingerprint density at radius 2 is 1.97 bits per heavy atom. The average molecular weight is 529 g/mol. The molecule has 0 radical (unpaired) electrons. The molecular weight excluding hydrogens is 495 g/mol. The number of benzene rings is 2. The maximum Gasteiger partial charge on any atom is 0.253 e. The predicted octanol–water partition coefficient (Wildman–Crippen LogP) is 5.93. The van der Waals surface area contributed by atoms with Gasteiger partial charge in [0.1, 0.15) is 17.6 Å². The van der Waals surface area contributed by atoms with E-state index in [1.54, 1.807) is 45.6 Å². The molecule has 7 nitrogen and oxygen atoms in total. The summed E-state index contributed by atoms with van der Waals surface area (Å²) in [7, 11) is 4.98. The Morgan fingerprint density at radius 1 is 1.23 bits per heavy atom. The highest BCUT2D eigenvalue weighted by Crippen LogP contribution is 2.34. The van der Waals surface area contributed by atoms with Crippen LogP contribution < -0.4 is 10.1 Å². The third kappa shape index (κ3) is 6.10. The van der Waals surface area contributed by atoms with Crippen molar-refractivity contribution in [2.45, 2.75) is 32.7 Å². The van der Waals surface area contributed by atoms with Crippen molar-refractivity contribution in [3.63, 3.8) is 0 Å². The number of rotatable bonds is 7. The third-order valence-electron chi connectivity index (χ3n) is 6.97. The lowest BCUT2D eigenvalue weighted by Crippen LogP contribution is -2.28. The molecule has 1 aliphatic heterocycles. The SMILES string of the molecule is COc1cc(C(=O)N(C)C)ccc1/C(C)=C/c1nccc(-c2cc(F)c(NC3CCOCC3)c(C#N)c2)c1C. The molecular formula is C31H33FN4O3. The lowest BCUT2D eigenvalue weighted by molar-refractivity contribution is 0.0827. The van der Waals surface area contributed by atoms with Crippen LogP contribution in [0, 0.1) is 24.1 Å². The van der Waals surface area contributed by atoms with Gasteiger partial charge in [0.05, 0.1) is 24.1 Å². The molecule has 2 heterocycles. The average Bonchev–Trinajstić information content (AvgIpc) is 2.94. The highest BCUT2D eigenvalue weighted by molar-refractivity contribution is 5.95. The lowest BCUT2D eigenvalue weighted by Gasteiger charge is -2.25. The van der Waals surface area contributed by atoms with E-state index in [4.69, 9.17) is 9.47 Å². The zero-order chi connectivity index (χ0) is 28.1. The van der Waals surface area contributed by atoms with Crippen LogP contribution in [-0.2, 0) is 4.74 Å². The summed E-state index contributed by atoms with van der Waals surface area (Å²) in [5.74, 6) is 0.0142. The Morgan fingerprint density at radius 3 is 2.64 bits per heavy atom. The normalized spacial score (nSPS) is 14.0. The van der Waals surface area contributed by atoms with Crippen molar-refractivity contribution < 1.29 is 18.7 Å². The number of nitrogens with zero attached hydrogens (tertiary/aromatic N) is 3. The van der Waals surface area contributed by atoms with Crippen LogP contribution in [0.15, 0.2) is 42.6 Å². The molecule has 39 heavy (non-hydrogen) atoms. The monoisotopic (exact) mass is 528 g/mol. The molecule has 1 aromatic heterocycles. The number of hydrogen-bond donors (Lipinski definition) is 1. The summed E-state index contributed by atoms with van der Waals surface area (Å²) in [6.45, 7) is 5.11. The van der Waals surface area contributed by atoms with E-state index in [0.717, 1.165) is 35.1 Å². The van der Waals surface area contributed by atoms with Crippen molar-refractivity contribution in [1.29, 1.82) is 5.26 Å². The van der Waals surface area contributed by atoms with Crippen molar-refractivity contribution in [3.05, 3.63) is 76.4 Å². The van der Waals surface area contributed by atoms with Crippen LogP contribution in [0.1, 0.15) is 52.5 Å². The van der Waals surface area contributed by atoms with E-state index in [2.05, 4.69) is 16.4 Å². The Kier molecular flexibility index (Phi) is 8.62. The van der Waals surface area contributed by atoms with Gasteiger partial charge < -0.3 is 19.7 Å². The number of halogens is 1. The number of aromatic nitrogens is 1. The van der Waals surface area contributed by atoms with E-state index in [1.165, 1.54) is 11.0 Å². The number of pyridine rings is 1. The number of nitriles is 1. The quantitative estimate of drug-likeness (QED) is 0.409. The molecule has 0 saturated carbocycles. The van der Waals surface area contributed by atoms with Crippen LogP contribution in [-0.4, -0.2) is 56.3 Å². The fourth-order valence-electron chi connectivity index (χ4n) is 4.74. The van der Waals surface area contributed by atoms with E-state index in [-0.39, 0.29) is 23.2 Å². The van der Waals surface area contributed by atoms with Gasteiger partial charge in [0, 0.05) is 50.7 Å². The molecule has 1 N–H and O–H groups in total. The molecule has 0 unspecified atom stereocenters. The minimum Gasteiger partial charge on any atom is -0.496 e. The van der Waals surface area contributed by atoms with Gasteiger partial charge in [-0.15, -0.1) is 0 Å². The first-order valence-corrected chi connectivity index (χ1v) is 12.9. The summed E-state index contributed by atoms with van der Waals surface area (Å²) >= 11 is 0. The maximum absolute atomic E-state index is 15.3. The molecule has 202 valence electrons. The Hall–Kier alpha value is -4.22. The second kappa shape index (κ2) is 12.1. The highest BCUT2D eigenvalue weighted by Gasteiger charge is 2.20. The molecule has 2 aromatic carbocycles.